The maximum absolute atomic E-state index is 13.0. The van der Waals surface area contributed by atoms with Crippen molar-refractivity contribution in [2.24, 2.45) is 0 Å². The lowest BCUT2D eigenvalue weighted by Crippen LogP contribution is -2.32. The Morgan fingerprint density at radius 2 is 1.87 bits per heavy atom. The molecule has 2 aromatic carbocycles. The fourth-order valence-electron chi connectivity index (χ4n) is 3.59. The molecule has 1 amide bonds. The van der Waals surface area contributed by atoms with E-state index in [-0.39, 0.29) is 11.3 Å². The van der Waals surface area contributed by atoms with Gasteiger partial charge in [0.2, 0.25) is 0 Å². The van der Waals surface area contributed by atoms with Crippen LogP contribution >= 0.6 is 15.9 Å². The summed E-state index contributed by atoms with van der Waals surface area (Å²) in [5.74, 6) is -0.908. The molecular formula is C23H25BrN2O4. The van der Waals surface area contributed by atoms with Gasteiger partial charge in [0.05, 0.1) is 18.7 Å². The highest BCUT2D eigenvalue weighted by Gasteiger charge is 2.45. The fourth-order valence-corrected chi connectivity index (χ4v) is 3.85. The van der Waals surface area contributed by atoms with Gasteiger partial charge in [0, 0.05) is 16.6 Å². The molecule has 3 rings (SSSR count). The van der Waals surface area contributed by atoms with Gasteiger partial charge >= 0.3 is 0 Å². The highest BCUT2D eigenvalue weighted by Crippen LogP contribution is 2.40. The van der Waals surface area contributed by atoms with E-state index < -0.39 is 17.7 Å². The van der Waals surface area contributed by atoms with E-state index in [2.05, 4.69) is 15.9 Å². The number of rotatable bonds is 7. The largest absolute Gasteiger partial charge is 0.507 e. The van der Waals surface area contributed by atoms with Crippen molar-refractivity contribution < 1.29 is 19.4 Å². The average molecular weight is 473 g/mol. The second-order valence-corrected chi connectivity index (χ2v) is 8.35. The summed E-state index contributed by atoms with van der Waals surface area (Å²) in [5.41, 5.74) is 1.30. The Bertz CT molecular complexity index is 969. The lowest BCUT2D eigenvalue weighted by atomic mass is 9.95. The summed E-state index contributed by atoms with van der Waals surface area (Å²) in [6.07, 6.45) is 0.715. The van der Waals surface area contributed by atoms with Crippen molar-refractivity contribution in [2.75, 3.05) is 34.3 Å². The number of aliphatic hydroxyl groups excluding tert-OH is 1. The summed E-state index contributed by atoms with van der Waals surface area (Å²) in [7, 11) is 5.46. The van der Waals surface area contributed by atoms with E-state index in [0.717, 1.165) is 16.6 Å². The minimum atomic E-state index is -0.673. The lowest BCUT2D eigenvalue weighted by molar-refractivity contribution is -0.139. The second-order valence-electron chi connectivity index (χ2n) is 7.43. The number of likely N-dealkylation sites (tertiary alicyclic amines) is 1. The van der Waals surface area contributed by atoms with Gasteiger partial charge in [-0.25, -0.2) is 0 Å². The molecule has 1 aliphatic rings. The molecule has 158 valence electrons. The molecule has 0 aliphatic carbocycles. The number of Topliss-reactive ketones (excluding diaryl/α,β-unsaturated/α-hetero) is 1. The predicted molar refractivity (Wildman–Crippen MR) is 119 cm³/mol. The Labute approximate surface area is 184 Å². The lowest BCUT2D eigenvalue weighted by Gasteiger charge is -2.26. The number of benzene rings is 2. The van der Waals surface area contributed by atoms with E-state index in [4.69, 9.17) is 4.74 Å². The Balaban J connectivity index is 2.09. The van der Waals surface area contributed by atoms with Gasteiger partial charge in [-0.05, 0) is 56.9 Å². The van der Waals surface area contributed by atoms with Gasteiger partial charge in [-0.1, -0.05) is 40.2 Å². The Hall–Kier alpha value is -2.64. The smallest absolute Gasteiger partial charge is 0.295 e. The molecule has 0 radical (unpaired) electrons. The van der Waals surface area contributed by atoms with Crippen LogP contribution in [0.5, 0.6) is 5.75 Å². The number of hydrogen-bond acceptors (Lipinski definition) is 5. The standard InChI is InChI=1S/C23H25BrN2O4/c1-25(2)12-5-13-26-20(15-8-10-17(24)11-9-15)19(22(28)23(26)29)21(27)16-6-4-7-18(14-16)30-3/h4,6-11,14,20,27H,5,12-13H2,1-3H3/t20-/m0/s1. The van der Waals surface area contributed by atoms with Crippen LogP contribution in [0.15, 0.2) is 58.6 Å². The Morgan fingerprint density at radius 3 is 2.50 bits per heavy atom. The summed E-state index contributed by atoms with van der Waals surface area (Å²) in [4.78, 5) is 29.4. The van der Waals surface area contributed by atoms with Crippen LogP contribution < -0.4 is 4.74 Å². The summed E-state index contributed by atoms with van der Waals surface area (Å²) in [6, 6.07) is 13.6. The van der Waals surface area contributed by atoms with Crippen molar-refractivity contribution in [3.05, 3.63) is 69.7 Å². The third-order valence-corrected chi connectivity index (χ3v) is 5.60. The van der Waals surface area contributed by atoms with Crippen LogP contribution in [0.25, 0.3) is 5.76 Å². The molecular weight excluding hydrogens is 448 g/mol. The van der Waals surface area contributed by atoms with E-state index in [1.54, 1.807) is 29.2 Å². The third kappa shape index (κ3) is 4.57. The number of methoxy groups -OCH3 is 1. The third-order valence-electron chi connectivity index (χ3n) is 5.07. The summed E-state index contributed by atoms with van der Waals surface area (Å²) >= 11 is 3.42. The normalized spacial score (nSPS) is 18.3. The van der Waals surface area contributed by atoms with Gasteiger partial charge in [-0.2, -0.15) is 0 Å². The molecule has 30 heavy (non-hydrogen) atoms. The first-order valence-corrected chi connectivity index (χ1v) is 10.5. The molecule has 0 spiro atoms. The van der Waals surface area contributed by atoms with E-state index in [1.165, 1.54) is 7.11 Å². The van der Waals surface area contributed by atoms with Crippen molar-refractivity contribution >= 4 is 33.4 Å². The number of halogens is 1. The Kier molecular flexibility index (Phi) is 6.95. The van der Waals surface area contributed by atoms with Crippen LogP contribution in [-0.2, 0) is 9.59 Å². The molecule has 0 bridgehead atoms. The highest BCUT2D eigenvalue weighted by atomic mass is 79.9. The first-order chi connectivity index (χ1) is 14.3. The number of aliphatic hydroxyl groups is 1. The quantitative estimate of drug-likeness (QED) is 0.376. The number of carbonyl (C=O) groups is 2. The number of ether oxygens (including phenoxy) is 1. The highest BCUT2D eigenvalue weighted by molar-refractivity contribution is 9.10. The first-order valence-electron chi connectivity index (χ1n) is 9.66. The predicted octanol–water partition coefficient (Wildman–Crippen LogP) is 3.83. The molecule has 1 N–H and O–H groups in total. The van der Waals surface area contributed by atoms with Crippen molar-refractivity contribution in [3.8, 4) is 5.75 Å². The zero-order valence-electron chi connectivity index (χ0n) is 17.3. The van der Waals surface area contributed by atoms with Gasteiger partial charge < -0.3 is 19.6 Å². The number of hydrogen-bond donors (Lipinski definition) is 1. The molecule has 0 saturated carbocycles. The van der Waals surface area contributed by atoms with Gasteiger partial charge in [-0.15, -0.1) is 0 Å². The molecule has 7 heteroatoms. The zero-order valence-corrected chi connectivity index (χ0v) is 18.8. The second kappa shape index (κ2) is 9.45. The molecule has 1 aliphatic heterocycles. The summed E-state index contributed by atoms with van der Waals surface area (Å²) < 4.78 is 6.12. The van der Waals surface area contributed by atoms with Crippen LogP contribution in [0.3, 0.4) is 0 Å². The molecule has 1 heterocycles. The van der Waals surface area contributed by atoms with Gasteiger partial charge in [0.15, 0.2) is 0 Å². The Morgan fingerprint density at radius 1 is 1.17 bits per heavy atom. The number of carbonyl (C=O) groups excluding carboxylic acids is 2. The molecule has 0 aromatic heterocycles. The van der Waals surface area contributed by atoms with Crippen molar-refractivity contribution in [3.63, 3.8) is 0 Å². The average Bonchev–Trinajstić information content (AvgIpc) is 2.98. The van der Waals surface area contributed by atoms with Crippen molar-refractivity contribution in [2.45, 2.75) is 12.5 Å². The molecule has 1 atom stereocenters. The van der Waals surface area contributed by atoms with Crippen LogP contribution in [0.2, 0.25) is 0 Å². The van der Waals surface area contributed by atoms with Gasteiger partial charge in [-0.3, -0.25) is 9.59 Å². The van der Waals surface area contributed by atoms with E-state index in [0.29, 0.717) is 24.3 Å². The fraction of sp³-hybridized carbons (Fsp3) is 0.304. The van der Waals surface area contributed by atoms with Crippen LogP contribution in [0.1, 0.15) is 23.6 Å². The molecule has 2 aromatic rings. The molecule has 0 unspecified atom stereocenters. The number of nitrogens with zero attached hydrogens (tertiary/aromatic N) is 2. The maximum atomic E-state index is 13.0. The summed E-state index contributed by atoms with van der Waals surface area (Å²) in [5, 5.41) is 11.1. The van der Waals surface area contributed by atoms with Crippen LogP contribution in [0, 0.1) is 0 Å². The minimum absolute atomic E-state index is 0.0976. The SMILES string of the molecule is COc1cccc(C(O)=C2C(=O)C(=O)N(CCCN(C)C)[C@H]2c2ccc(Br)cc2)c1. The van der Waals surface area contributed by atoms with Gasteiger partial charge in [0.1, 0.15) is 11.5 Å². The maximum Gasteiger partial charge on any atom is 0.295 e. The molecule has 6 nitrogen and oxygen atoms in total. The van der Waals surface area contributed by atoms with E-state index >= 15 is 0 Å². The van der Waals surface area contributed by atoms with Crippen LogP contribution in [0.4, 0.5) is 0 Å². The van der Waals surface area contributed by atoms with Crippen LogP contribution in [-0.4, -0.2) is 60.9 Å². The molecule has 1 fully saturated rings. The summed E-state index contributed by atoms with van der Waals surface area (Å²) in [6.45, 7) is 1.20. The first kappa shape index (κ1) is 22.1. The molecule has 1 saturated heterocycles. The van der Waals surface area contributed by atoms with Crippen molar-refractivity contribution in [1.82, 2.24) is 9.80 Å². The number of amides is 1. The van der Waals surface area contributed by atoms with Gasteiger partial charge in [0.25, 0.3) is 11.7 Å². The van der Waals surface area contributed by atoms with E-state index in [1.807, 2.05) is 43.3 Å². The van der Waals surface area contributed by atoms with Crippen molar-refractivity contribution in [1.29, 1.82) is 0 Å². The topological polar surface area (TPSA) is 70.1 Å². The van der Waals surface area contributed by atoms with E-state index in [9.17, 15) is 14.7 Å². The zero-order chi connectivity index (χ0) is 21.8. The minimum Gasteiger partial charge on any atom is -0.507 e. The number of ketones is 1. The monoisotopic (exact) mass is 472 g/mol.